The van der Waals surface area contributed by atoms with Crippen LogP contribution in [0.4, 0.5) is 0 Å². The zero-order valence-corrected chi connectivity index (χ0v) is 14.9. The number of nitrogens with zero attached hydrogens (tertiary/aromatic N) is 4. The van der Waals surface area contributed by atoms with E-state index >= 15 is 0 Å². The Balaban J connectivity index is 1.61. The molecule has 1 saturated heterocycles. The average Bonchev–Trinajstić information content (AvgIpc) is 2.99. The van der Waals surface area contributed by atoms with E-state index in [1.807, 2.05) is 4.90 Å². The highest BCUT2D eigenvalue weighted by molar-refractivity contribution is 7.07. The average molecular weight is 344 g/mol. The predicted molar refractivity (Wildman–Crippen MR) is 95.5 cm³/mol. The van der Waals surface area contributed by atoms with E-state index in [1.165, 1.54) is 11.9 Å². The number of amides is 1. The minimum atomic E-state index is 0.134. The highest BCUT2D eigenvalue weighted by atomic mass is 32.1. The van der Waals surface area contributed by atoms with Crippen LogP contribution >= 0.6 is 11.3 Å². The number of hydrogen-bond acceptors (Lipinski definition) is 5. The maximum Gasteiger partial charge on any atom is 0.219 e. The van der Waals surface area contributed by atoms with Crippen LogP contribution in [0.15, 0.2) is 35.5 Å². The number of aromatic nitrogens is 2. The van der Waals surface area contributed by atoms with E-state index in [4.69, 9.17) is 0 Å². The van der Waals surface area contributed by atoms with Gasteiger partial charge in [-0.1, -0.05) is 0 Å². The lowest BCUT2D eigenvalue weighted by Gasteiger charge is -2.30. The van der Waals surface area contributed by atoms with Crippen LogP contribution in [-0.4, -0.2) is 44.8 Å². The summed E-state index contributed by atoms with van der Waals surface area (Å²) in [5.74, 6) is 0.134. The normalized spacial score (nSPS) is 19.0. The summed E-state index contributed by atoms with van der Waals surface area (Å²) < 4.78 is 0. The molecule has 3 rings (SSSR count). The van der Waals surface area contributed by atoms with Crippen LogP contribution in [0, 0.1) is 0 Å². The second-order valence-electron chi connectivity index (χ2n) is 6.39. The van der Waals surface area contributed by atoms with Gasteiger partial charge < -0.3 is 4.90 Å². The van der Waals surface area contributed by atoms with Gasteiger partial charge in [0, 0.05) is 50.6 Å². The molecule has 3 heterocycles. The van der Waals surface area contributed by atoms with E-state index < -0.39 is 0 Å². The molecule has 6 heteroatoms. The molecule has 0 saturated carbocycles. The molecule has 1 aliphatic heterocycles. The summed E-state index contributed by atoms with van der Waals surface area (Å²) in [6.45, 7) is 5.42. The van der Waals surface area contributed by atoms with Gasteiger partial charge in [-0.25, -0.2) is 9.97 Å². The van der Waals surface area contributed by atoms with Gasteiger partial charge in [0.15, 0.2) is 0 Å². The molecule has 0 bridgehead atoms. The number of carbonyl (C=O) groups excluding carboxylic acids is 1. The van der Waals surface area contributed by atoms with Gasteiger partial charge in [-0.15, -0.1) is 0 Å². The summed E-state index contributed by atoms with van der Waals surface area (Å²) in [6, 6.07) is 2.50. The molecule has 1 atom stereocenters. The number of thiophene rings is 1. The number of rotatable bonds is 5. The van der Waals surface area contributed by atoms with Crippen LogP contribution in [0.2, 0.25) is 0 Å². The quantitative estimate of drug-likeness (QED) is 0.837. The fourth-order valence-corrected chi connectivity index (χ4v) is 4.01. The second kappa shape index (κ2) is 8.35. The van der Waals surface area contributed by atoms with Crippen LogP contribution in [0.3, 0.4) is 0 Å². The largest absolute Gasteiger partial charge is 0.335 e. The maximum absolute atomic E-state index is 12.2. The lowest BCUT2D eigenvalue weighted by atomic mass is 10.1. The van der Waals surface area contributed by atoms with E-state index in [2.05, 4.69) is 31.7 Å². The molecule has 24 heavy (non-hydrogen) atoms. The van der Waals surface area contributed by atoms with Gasteiger partial charge in [-0.2, -0.15) is 11.3 Å². The van der Waals surface area contributed by atoms with Crippen molar-refractivity contribution in [1.82, 2.24) is 19.8 Å². The van der Waals surface area contributed by atoms with Gasteiger partial charge in [-0.05, 0) is 48.2 Å². The zero-order chi connectivity index (χ0) is 16.8. The molecular weight excluding hydrogens is 320 g/mol. The van der Waals surface area contributed by atoms with Crippen molar-refractivity contribution in [3.63, 3.8) is 0 Å². The van der Waals surface area contributed by atoms with E-state index in [-0.39, 0.29) is 5.91 Å². The highest BCUT2D eigenvalue weighted by Gasteiger charge is 2.24. The van der Waals surface area contributed by atoms with E-state index in [9.17, 15) is 4.79 Å². The molecule has 0 aromatic carbocycles. The lowest BCUT2D eigenvalue weighted by Crippen LogP contribution is -2.39. The van der Waals surface area contributed by atoms with Crippen molar-refractivity contribution in [3.8, 4) is 0 Å². The molecule has 1 fully saturated rings. The Morgan fingerprint density at radius 3 is 2.83 bits per heavy atom. The summed E-state index contributed by atoms with van der Waals surface area (Å²) in [5, 5.41) is 4.36. The minimum absolute atomic E-state index is 0.134. The minimum Gasteiger partial charge on any atom is -0.335 e. The third-order valence-corrected chi connectivity index (χ3v) is 5.32. The molecule has 0 N–H and O–H groups in total. The molecule has 2 aromatic rings. The summed E-state index contributed by atoms with van der Waals surface area (Å²) >= 11 is 1.75. The summed E-state index contributed by atoms with van der Waals surface area (Å²) in [7, 11) is 0. The van der Waals surface area contributed by atoms with Crippen LogP contribution in [0.5, 0.6) is 0 Å². The Kier molecular flexibility index (Phi) is 5.93. The predicted octanol–water partition coefficient (Wildman–Crippen LogP) is 2.94. The van der Waals surface area contributed by atoms with Gasteiger partial charge in [-0.3, -0.25) is 9.69 Å². The van der Waals surface area contributed by atoms with Crippen LogP contribution in [-0.2, 0) is 17.9 Å². The smallest absolute Gasteiger partial charge is 0.219 e. The van der Waals surface area contributed by atoms with Crippen molar-refractivity contribution in [2.24, 2.45) is 0 Å². The molecule has 128 valence electrons. The van der Waals surface area contributed by atoms with Gasteiger partial charge in [0.05, 0.1) is 0 Å². The Bertz CT molecular complexity index is 632. The third-order valence-electron chi connectivity index (χ3n) is 4.59. The summed E-state index contributed by atoms with van der Waals surface area (Å²) in [4.78, 5) is 24.8. The molecule has 1 amide bonds. The monoisotopic (exact) mass is 344 g/mol. The fourth-order valence-electron chi connectivity index (χ4n) is 3.35. The number of likely N-dealkylation sites (tertiary alicyclic amines) is 1. The first-order valence-corrected chi connectivity index (χ1v) is 9.41. The SMILES string of the molecule is CC(=O)N(Cc1cncnc1)[C@H]1CCCN(Cc2ccsc2)CC1. The van der Waals surface area contributed by atoms with Crippen molar-refractivity contribution in [1.29, 1.82) is 0 Å². The maximum atomic E-state index is 12.2. The molecule has 5 nitrogen and oxygen atoms in total. The number of carbonyl (C=O) groups is 1. The first-order valence-electron chi connectivity index (χ1n) is 8.47. The molecule has 0 aliphatic carbocycles. The van der Waals surface area contributed by atoms with Crippen LogP contribution < -0.4 is 0 Å². The van der Waals surface area contributed by atoms with Crippen molar-refractivity contribution in [2.45, 2.75) is 45.3 Å². The Morgan fingerprint density at radius 2 is 2.12 bits per heavy atom. The van der Waals surface area contributed by atoms with Crippen LogP contribution in [0.25, 0.3) is 0 Å². The molecule has 0 unspecified atom stereocenters. The molecule has 2 aromatic heterocycles. The van der Waals surface area contributed by atoms with Crippen molar-refractivity contribution in [3.05, 3.63) is 46.7 Å². The fraction of sp³-hybridized carbons (Fsp3) is 0.500. The molecule has 0 spiro atoms. The van der Waals surface area contributed by atoms with E-state index in [1.54, 1.807) is 30.7 Å². The molecule has 1 aliphatic rings. The lowest BCUT2D eigenvalue weighted by molar-refractivity contribution is -0.132. The summed E-state index contributed by atoms with van der Waals surface area (Å²) in [5.41, 5.74) is 2.38. The van der Waals surface area contributed by atoms with Gasteiger partial charge in [0.1, 0.15) is 6.33 Å². The molecule has 0 radical (unpaired) electrons. The Labute approximate surface area is 147 Å². The first-order chi connectivity index (χ1) is 11.7. The first kappa shape index (κ1) is 17.0. The van der Waals surface area contributed by atoms with Gasteiger partial charge in [0.2, 0.25) is 5.91 Å². The second-order valence-corrected chi connectivity index (χ2v) is 7.17. The highest BCUT2D eigenvalue weighted by Crippen LogP contribution is 2.21. The van der Waals surface area contributed by atoms with Crippen molar-refractivity contribution < 1.29 is 4.79 Å². The van der Waals surface area contributed by atoms with Gasteiger partial charge >= 0.3 is 0 Å². The summed E-state index contributed by atoms with van der Waals surface area (Å²) in [6.07, 6.45) is 8.33. The van der Waals surface area contributed by atoms with Crippen molar-refractivity contribution in [2.75, 3.05) is 13.1 Å². The van der Waals surface area contributed by atoms with E-state index in [0.29, 0.717) is 12.6 Å². The Hall–Kier alpha value is -1.79. The van der Waals surface area contributed by atoms with E-state index in [0.717, 1.165) is 44.5 Å². The third kappa shape index (κ3) is 4.61. The van der Waals surface area contributed by atoms with Gasteiger partial charge in [0.25, 0.3) is 0 Å². The Morgan fingerprint density at radius 1 is 1.29 bits per heavy atom. The van der Waals surface area contributed by atoms with Crippen LogP contribution in [0.1, 0.15) is 37.3 Å². The topological polar surface area (TPSA) is 49.3 Å². The number of hydrogen-bond donors (Lipinski definition) is 0. The molecular formula is C18H24N4OS. The standard InChI is InChI=1S/C18H24N4OS/c1-15(23)22(12-17-9-19-14-20-10-17)18-3-2-6-21(7-4-18)11-16-5-8-24-13-16/h5,8-10,13-14,18H,2-4,6-7,11-12H2,1H3/t18-/m0/s1. The van der Waals surface area contributed by atoms with Crippen molar-refractivity contribution >= 4 is 17.2 Å². The zero-order valence-electron chi connectivity index (χ0n) is 14.1.